The highest BCUT2D eigenvalue weighted by molar-refractivity contribution is 7.86. The molecule has 0 aliphatic rings. The molecule has 82 valence electrons. The summed E-state index contributed by atoms with van der Waals surface area (Å²) in [5.74, 6) is 0. The summed E-state index contributed by atoms with van der Waals surface area (Å²) in [6.45, 7) is 5.20. The van der Waals surface area contributed by atoms with Crippen molar-refractivity contribution >= 4 is 21.7 Å². The van der Waals surface area contributed by atoms with Crippen LogP contribution >= 0.6 is 11.6 Å². The molecule has 3 nitrogen and oxygen atoms in total. The lowest BCUT2D eigenvalue weighted by Crippen LogP contribution is -2.11. The van der Waals surface area contributed by atoms with Gasteiger partial charge in [-0.1, -0.05) is 35.9 Å². The van der Waals surface area contributed by atoms with Gasteiger partial charge in [0.2, 0.25) is 0 Å². The second kappa shape index (κ2) is 4.79. The summed E-state index contributed by atoms with van der Waals surface area (Å²) in [6, 6.07) is 6.31. The molecule has 0 radical (unpaired) electrons. The predicted molar refractivity (Wildman–Crippen MR) is 59.3 cm³/mol. The minimum Gasteiger partial charge on any atom is -0.242 e. The van der Waals surface area contributed by atoms with Crippen LogP contribution in [-0.2, 0) is 14.3 Å². The van der Waals surface area contributed by atoms with Crippen molar-refractivity contribution in [2.75, 3.05) is 0 Å². The molecule has 1 unspecified atom stereocenters. The Morgan fingerprint density at radius 2 is 1.93 bits per heavy atom. The van der Waals surface area contributed by atoms with E-state index in [-0.39, 0.29) is 4.90 Å². The zero-order valence-corrected chi connectivity index (χ0v) is 9.75. The maximum absolute atomic E-state index is 11.6. The molecule has 0 heterocycles. The molecule has 1 rings (SSSR count). The normalized spacial score (nSPS) is 13.5. The first-order chi connectivity index (χ1) is 6.95. The van der Waals surface area contributed by atoms with Gasteiger partial charge in [0.05, 0.1) is 4.90 Å². The van der Waals surface area contributed by atoms with E-state index in [2.05, 4.69) is 10.8 Å². The Morgan fingerprint density at radius 1 is 1.40 bits per heavy atom. The summed E-state index contributed by atoms with van der Waals surface area (Å²) in [7, 11) is -3.79. The molecule has 0 aromatic heterocycles. The zero-order valence-electron chi connectivity index (χ0n) is 8.18. The van der Waals surface area contributed by atoms with Gasteiger partial charge in [0.1, 0.15) is 0 Å². The molecule has 15 heavy (non-hydrogen) atoms. The van der Waals surface area contributed by atoms with Gasteiger partial charge in [-0.15, -0.1) is 0 Å². The number of alkyl halides is 1. The van der Waals surface area contributed by atoms with E-state index in [1.54, 1.807) is 12.1 Å². The van der Waals surface area contributed by atoms with E-state index in [9.17, 15) is 8.42 Å². The highest BCUT2D eigenvalue weighted by atomic mass is 35.5. The highest BCUT2D eigenvalue weighted by Crippen LogP contribution is 2.16. The van der Waals surface area contributed by atoms with Gasteiger partial charge in [-0.25, -0.2) is 4.18 Å². The Balaban J connectivity index is 2.96. The molecular weight excluding hydrogens is 236 g/mol. The van der Waals surface area contributed by atoms with E-state index in [0.29, 0.717) is 0 Å². The van der Waals surface area contributed by atoms with E-state index in [1.165, 1.54) is 18.2 Å². The highest BCUT2D eigenvalue weighted by Gasteiger charge is 2.17. The van der Waals surface area contributed by atoms with Crippen LogP contribution in [0.25, 0.3) is 0 Å². The molecule has 0 aliphatic carbocycles. The van der Waals surface area contributed by atoms with Gasteiger partial charge in [0, 0.05) is 0 Å². The van der Waals surface area contributed by atoms with Crippen LogP contribution in [0.1, 0.15) is 5.56 Å². The van der Waals surface area contributed by atoms with Crippen LogP contribution in [0, 0.1) is 6.92 Å². The second-order valence-corrected chi connectivity index (χ2v) is 4.95. The van der Waals surface area contributed by atoms with Gasteiger partial charge in [0.15, 0.2) is 5.56 Å². The topological polar surface area (TPSA) is 43.4 Å². The molecule has 0 saturated heterocycles. The molecule has 0 aliphatic heterocycles. The maximum atomic E-state index is 11.6. The third-order valence-corrected chi connectivity index (χ3v) is 3.40. The lowest BCUT2D eigenvalue weighted by atomic mass is 10.2. The van der Waals surface area contributed by atoms with Crippen LogP contribution in [0.3, 0.4) is 0 Å². The van der Waals surface area contributed by atoms with Crippen molar-refractivity contribution in [1.29, 1.82) is 0 Å². The Hall–Kier alpha value is -0.840. The first-order valence-corrected chi connectivity index (χ1v) is 6.07. The van der Waals surface area contributed by atoms with Crippen molar-refractivity contribution < 1.29 is 12.6 Å². The summed E-state index contributed by atoms with van der Waals surface area (Å²) in [4.78, 5) is 0.0839. The quantitative estimate of drug-likeness (QED) is 0.466. The van der Waals surface area contributed by atoms with Crippen molar-refractivity contribution in [3.8, 4) is 0 Å². The van der Waals surface area contributed by atoms with Gasteiger partial charge < -0.3 is 0 Å². The first-order valence-electron chi connectivity index (χ1n) is 4.22. The lowest BCUT2D eigenvalue weighted by Gasteiger charge is -2.07. The predicted octanol–water partition coefficient (Wildman–Crippen LogP) is 2.45. The fourth-order valence-corrected chi connectivity index (χ4v) is 2.11. The number of benzene rings is 1. The number of hydrogen-bond donors (Lipinski definition) is 0. The zero-order chi connectivity index (χ0) is 11.5. The molecule has 0 fully saturated rings. The number of halogens is 1. The molecule has 0 saturated carbocycles. The summed E-state index contributed by atoms with van der Waals surface area (Å²) in [5, 5.41) is 0. The fraction of sp³-hybridized carbons (Fsp3) is 0.200. The van der Waals surface area contributed by atoms with Crippen molar-refractivity contribution in [1.82, 2.24) is 0 Å². The smallest absolute Gasteiger partial charge is 0.242 e. The summed E-state index contributed by atoms with van der Waals surface area (Å²) in [6.07, 6.45) is 1.20. The monoisotopic (exact) mass is 246 g/mol. The van der Waals surface area contributed by atoms with E-state index in [0.717, 1.165) is 5.56 Å². The van der Waals surface area contributed by atoms with Crippen molar-refractivity contribution in [2.45, 2.75) is 17.4 Å². The number of rotatable bonds is 4. The van der Waals surface area contributed by atoms with Gasteiger partial charge >= 0.3 is 0 Å². The lowest BCUT2D eigenvalue weighted by molar-refractivity contribution is 0.326. The minimum atomic E-state index is -3.79. The SMILES string of the molecule is C=CC(Cl)OS(=O)(=O)c1ccc(C)cc1. The van der Waals surface area contributed by atoms with Crippen molar-refractivity contribution in [2.24, 2.45) is 0 Å². The van der Waals surface area contributed by atoms with Crippen LogP contribution in [0.2, 0.25) is 0 Å². The third-order valence-electron chi connectivity index (χ3n) is 1.71. The Morgan fingerprint density at radius 3 is 2.40 bits per heavy atom. The summed E-state index contributed by atoms with van der Waals surface area (Å²) >= 11 is 5.51. The summed E-state index contributed by atoms with van der Waals surface area (Å²) < 4.78 is 27.7. The van der Waals surface area contributed by atoms with E-state index in [4.69, 9.17) is 11.6 Å². The molecular formula is C10H11ClO3S. The molecule has 0 N–H and O–H groups in total. The molecule has 0 bridgehead atoms. The average Bonchev–Trinajstić information content (AvgIpc) is 2.17. The van der Waals surface area contributed by atoms with Crippen molar-refractivity contribution in [3.05, 3.63) is 42.5 Å². The van der Waals surface area contributed by atoms with E-state index >= 15 is 0 Å². The molecule has 5 heteroatoms. The van der Waals surface area contributed by atoms with Gasteiger partial charge in [0.25, 0.3) is 10.1 Å². The van der Waals surface area contributed by atoms with Gasteiger partial charge in [-0.05, 0) is 25.1 Å². The molecule has 1 atom stereocenters. The maximum Gasteiger partial charge on any atom is 0.298 e. The van der Waals surface area contributed by atoms with Gasteiger partial charge in [-0.3, -0.25) is 0 Å². The standard InChI is InChI=1S/C10H11ClO3S/c1-3-10(11)14-15(12,13)9-6-4-8(2)5-7-9/h3-7,10H,1H2,2H3. The molecule has 1 aromatic rings. The third kappa shape index (κ3) is 3.34. The minimum absolute atomic E-state index is 0.0839. The van der Waals surface area contributed by atoms with Crippen LogP contribution in [0.15, 0.2) is 41.8 Å². The van der Waals surface area contributed by atoms with E-state index in [1.807, 2.05) is 6.92 Å². The van der Waals surface area contributed by atoms with E-state index < -0.39 is 15.7 Å². The fourth-order valence-electron chi connectivity index (χ4n) is 0.921. The molecule has 0 amide bonds. The molecule has 0 spiro atoms. The van der Waals surface area contributed by atoms with Crippen LogP contribution in [0.4, 0.5) is 0 Å². The number of hydrogen-bond acceptors (Lipinski definition) is 3. The van der Waals surface area contributed by atoms with Crippen LogP contribution in [0.5, 0.6) is 0 Å². The van der Waals surface area contributed by atoms with Crippen LogP contribution in [-0.4, -0.2) is 14.0 Å². The first kappa shape index (κ1) is 12.2. The van der Waals surface area contributed by atoms with Crippen LogP contribution < -0.4 is 0 Å². The largest absolute Gasteiger partial charge is 0.298 e. The number of aryl methyl sites for hydroxylation is 1. The van der Waals surface area contributed by atoms with Gasteiger partial charge in [-0.2, -0.15) is 8.42 Å². The Labute approximate surface area is 94.5 Å². The van der Waals surface area contributed by atoms with Crippen molar-refractivity contribution in [3.63, 3.8) is 0 Å². The Bertz CT molecular complexity index is 436. The Kier molecular flexibility index (Phi) is 3.90. The molecule has 1 aromatic carbocycles. The summed E-state index contributed by atoms with van der Waals surface area (Å²) in [5.41, 5.74) is -0.0728. The average molecular weight is 247 g/mol. The second-order valence-electron chi connectivity index (χ2n) is 2.95.